The van der Waals surface area contributed by atoms with Gasteiger partial charge in [0.1, 0.15) is 17.5 Å². The summed E-state index contributed by atoms with van der Waals surface area (Å²) in [7, 11) is 1.36. The highest BCUT2D eigenvalue weighted by Gasteiger charge is 2.30. The number of amides is 2. The van der Waals surface area contributed by atoms with Crippen LogP contribution < -0.4 is 20.1 Å². The van der Waals surface area contributed by atoms with Crippen molar-refractivity contribution in [2.45, 2.75) is 6.18 Å². The topological polar surface area (TPSA) is 100 Å². The number of ether oxygens (including phenoxy) is 2. The van der Waals surface area contributed by atoms with E-state index in [0.29, 0.717) is 14.8 Å². The Kier molecular flexibility index (Phi) is 9.30. The number of methoxy groups -OCH3 is 1. The fourth-order valence-electron chi connectivity index (χ4n) is 3.12. The van der Waals surface area contributed by atoms with Crippen LogP contribution in [0.2, 0.25) is 0 Å². The molecule has 0 aliphatic rings. The summed E-state index contributed by atoms with van der Waals surface area (Å²) in [6.07, 6.45) is -3.36. The Morgan fingerprint density at radius 2 is 1.76 bits per heavy atom. The first-order chi connectivity index (χ1) is 18.0. The molecule has 0 saturated carbocycles. The molecule has 0 saturated heterocycles. The zero-order valence-electron chi connectivity index (χ0n) is 19.5. The van der Waals surface area contributed by atoms with E-state index in [4.69, 9.17) is 9.47 Å². The van der Waals surface area contributed by atoms with Gasteiger partial charge in [0.15, 0.2) is 18.1 Å². The Morgan fingerprint density at radius 3 is 2.39 bits per heavy atom. The number of nitrogens with zero attached hydrogens (tertiary/aromatic N) is 1. The lowest BCUT2D eigenvalue weighted by Gasteiger charge is -2.14. The van der Waals surface area contributed by atoms with Crippen molar-refractivity contribution < 1.29 is 36.6 Å². The van der Waals surface area contributed by atoms with Crippen LogP contribution in [0.25, 0.3) is 6.08 Å². The van der Waals surface area contributed by atoms with Crippen LogP contribution in [-0.2, 0) is 15.8 Å². The van der Waals surface area contributed by atoms with Crippen LogP contribution in [0.1, 0.15) is 11.1 Å². The van der Waals surface area contributed by atoms with Gasteiger partial charge in [0.25, 0.3) is 11.8 Å². The average Bonchev–Trinajstić information content (AvgIpc) is 2.87. The molecule has 196 valence electrons. The summed E-state index contributed by atoms with van der Waals surface area (Å²) in [5.74, 6) is -1.42. The van der Waals surface area contributed by atoms with Gasteiger partial charge in [-0.25, -0.2) is 4.39 Å². The maximum Gasteiger partial charge on any atom is 0.416 e. The van der Waals surface area contributed by atoms with Gasteiger partial charge in [-0.2, -0.15) is 18.4 Å². The summed E-state index contributed by atoms with van der Waals surface area (Å²) in [5.41, 5.74) is -0.688. The second-order valence-corrected chi connectivity index (χ2v) is 8.74. The molecule has 7 nitrogen and oxygen atoms in total. The van der Waals surface area contributed by atoms with E-state index in [-0.39, 0.29) is 29.4 Å². The molecule has 0 fully saturated rings. The first-order valence-electron chi connectivity index (χ1n) is 10.7. The zero-order chi connectivity index (χ0) is 27.9. The number of benzene rings is 3. The number of hydrogen-bond donors (Lipinski definition) is 2. The number of hydrogen-bond acceptors (Lipinski definition) is 5. The largest absolute Gasteiger partial charge is 0.493 e. The molecule has 0 aliphatic carbocycles. The minimum absolute atomic E-state index is 0.124. The Labute approximate surface area is 228 Å². The highest BCUT2D eigenvalue weighted by atomic mass is 127. The van der Waals surface area contributed by atoms with E-state index in [9.17, 15) is 32.4 Å². The normalized spacial score (nSPS) is 11.3. The van der Waals surface area contributed by atoms with Crippen molar-refractivity contribution in [2.24, 2.45) is 0 Å². The summed E-state index contributed by atoms with van der Waals surface area (Å²) in [6, 6.07) is 14.0. The second kappa shape index (κ2) is 12.4. The molecule has 0 bridgehead atoms. The van der Waals surface area contributed by atoms with Gasteiger partial charge in [0.05, 0.1) is 16.2 Å². The number of halogens is 5. The van der Waals surface area contributed by atoms with Crippen molar-refractivity contribution in [2.75, 3.05) is 24.4 Å². The molecule has 2 N–H and O–H groups in total. The second-order valence-electron chi connectivity index (χ2n) is 7.58. The molecule has 38 heavy (non-hydrogen) atoms. The zero-order valence-corrected chi connectivity index (χ0v) is 21.7. The molecule has 0 aliphatic heterocycles. The molecule has 2 amide bonds. The lowest BCUT2D eigenvalue weighted by atomic mass is 10.1. The SMILES string of the molecule is COc1cc(/C=C(/C#N)C(=O)Nc2cccc(C(F)(F)F)c2)cc(I)c1OCC(=O)Nc1ccc(F)cc1. The molecule has 0 unspecified atom stereocenters. The standard InChI is InChI=1S/C26H18F4IN3O4/c1-37-22-11-15(9-16(13-32)25(36)34-20-4-2-3-17(12-20)26(28,29)30)10-21(31)24(22)38-14-23(35)33-19-7-5-18(27)6-8-19/h2-12H,14H2,1H3,(H,33,35)(H,34,36)/b16-9-. The fourth-order valence-corrected chi connectivity index (χ4v) is 3.90. The Balaban J connectivity index is 1.74. The van der Waals surface area contributed by atoms with E-state index in [1.807, 2.05) is 22.6 Å². The van der Waals surface area contributed by atoms with E-state index in [1.165, 1.54) is 49.6 Å². The number of carbonyl (C=O) groups excluding carboxylic acids is 2. The molecule has 3 aromatic rings. The monoisotopic (exact) mass is 639 g/mol. The van der Waals surface area contributed by atoms with Crippen molar-refractivity contribution in [3.8, 4) is 17.6 Å². The first-order valence-corrected chi connectivity index (χ1v) is 11.7. The van der Waals surface area contributed by atoms with Crippen molar-refractivity contribution in [1.82, 2.24) is 0 Å². The van der Waals surface area contributed by atoms with E-state index < -0.39 is 29.4 Å². The maximum absolute atomic E-state index is 13.0. The van der Waals surface area contributed by atoms with Crippen LogP contribution in [0.5, 0.6) is 11.5 Å². The van der Waals surface area contributed by atoms with Gasteiger partial charge in [0, 0.05) is 11.4 Å². The Bertz CT molecular complexity index is 1420. The molecule has 0 spiro atoms. The Morgan fingerprint density at radius 1 is 1.05 bits per heavy atom. The van der Waals surface area contributed by atoms with Crippen molar-refractivity contribution >= 4 is 51.9 Å². The fraction of sp³-hybridized carbons (Fsp3) is 0.115. The summed E-state index contributed by atoms with van der Waals surface area (Å²) < 4.78 is 63.2. The molecule has 12 heteroatoms. The highest BCUT2D eigenvalue weighted by molar-refractivity contribution is 14.1. The molecule has 0 atom stereocenters. The highest BCUT2D eigenvalue weighted by Crippen LogP contribution is 2.35. The molecular weight excluding hydrogens is 621 g/mol. The number of carbonyl (C=O) groups is 2. The summed E-state index contributed by atoms with van der Waals surface area (Å²) in [5, 5.41) is 14.3. The van der Waals surface area contributed by atoms with Crippen LogP contribution in [-0.4, -0.2) is 25.5 Å². The molecule has 3 rings (SSSR count). The van der Waals surface area contributed by atoms with Gasteiger partial charge in [-0.15, -0.1) is 0 Å². The van der Waals surface area contributed by atoms with Gasteiger partial charge >= 0.3 is 6.18 Å². The number of rotatable bonds is 8. The van der Waals surface area contributed by atoms with E-state index >= 15 is 0 Å². The number of anilines is 2. The van der Waals surface area contributed by atoms with E-state index in [2.05, 4.69) is 10.6 Å². The summed E-state index contributed by atoms with van der Waals surface area (Å²) in [4.78, 5) is 24.8. The van der Waals surface area contributed by atoms with Crippen molar-refractivity contribution in [3.63, 3.8) is 0 Å². The molecular formula is C26H18F4IN3O4. The molecule has 3 aromatic carbocycles. The molecule has 0 heterocycles. The van der Waals surface area contributed by atoms with Crippen LogP contribution in [0.3, 0.4) is 0 Å². The predicted molar refractivity (Wildman–Crippen MR) is 140 cm³/mol. The van der Waals surface area contributed by atoms with Crippen LogP contribution >= 0.6 is 22.6 Å². The molecule has 0 aromatic heterocycles. The van der Waals surface area contributed by atoms with Gasteiger partial charge in [0.2, 0.25) is 0 Å². The molecule has 0 radical (unpaired) electrons. The number of nitriles is 1. The average molecular weight is 639 g/mol. The Hall–Kier alpha value is -4.12. The van der Waals surface area contributed by atoms with Gasteiger partial charge in [-0.05, 0) is 88.8 Å². The quantitative estimate of drug-likeness (QED) is 0.136. The van der Waals surface area contributed by atoms with Crippen molar-refractivity contribution in [3.05, 3.63) is 86.8 Å². The third-order valence-electron chi connectivity index (χ3n) is 4.85. The van der Waals surface area contributed by atoms with Gasteiger partial charge in [-0.1, -0.05) is 6.07 Å². The van der Waals surface area contributed by atoms with Crippen LogP contribution in [0.4, 0.5) is 28.9 Å². The first kappa shape index (κ1) is 28.5. The van der Waals surface area contributed by atoms with Crippen LogP contribution in [0.15, 0.2) is 66.2 Å². The van der Waals surface area contributed by atoms with Crippen molar-refractivity contribution in [1.29, 1.82) is 5.26 Å². The third kappa shape index (κ3) is 7.69. The maximum atomic E-state index is 13.0. The smallest absolute Gasteiger partial charge is 0.416 e. The minimum atomic E-state index is -4.59. The predicted octanol–water partition coefficient (Wildman–Crippen LogP) is 6.02. The lowest BCUT2D eigenvalue weighted by Crippen LogP contribution is -2.20. The van der Waals surface area contributed by atoms with Crippen LogP contribution in [0, 0.1) is 20.7 Å². The summed E-state index contributed by atoms with van der Waals surface area (Å²) >= 11 is 1.92. The van der Waals surface area contributed by atoms with Gasteiger partial charge < -0.3 is 20.1 Å². The summed E-state index contributed by atoms with van der Waals surface area (Å²) in [6.45, 7) is -0.387. The minimum Gasteiger partial charge on any atom is -0.493 e. The number of nitrogens with one attached hydrogen (secondary N) is 2. The van der Waals surface area contributed by atoms with E-state index in [0.717, 1.165) is 18.2 Å². The third-order valence-corrected chi connectivity index (χ3v) is 5.65. The van der Waals surface area contributed by atoms with Gasteiger partial charge in [-0.3, -0.25) is 9.59 Å². The number of alkyl halides is 3. The van der Waals surface area contributed by atoms with E-state index in [1.54, 1.807) is 12.1 Å². The lowest BCUT2D eigenvalue weighted by molar-refractivity contribution is -0.137.